The summed E-state index contributed by atoms with van der Waals surface area (Å²) in [4.78, 5) is 23.9. The van der Waals surface area contributed by atoms with Gasteiger partial charge in [-0.05, 0) is 25.0 Å². The first-order valence-electron chi connectivity index (χ1n) is 8.04. The number of benzene rings is 2. The normalized spacial score (nSPS) is 12.0. The lowest BCUT2D eigenvalue weighted by atomic mass is 9.98. The van der Waals surface area contributed by atoms with Gasteiger partial charge in [0.25, 0.3) is 5.91 Å². The van der Waals surface area contributed by atoms with E-state index >= 15 is 0 Å². The maximum atomic E-state index is 12.4. The molecule has 0 aliphatic rings. The Hall–Kier alpha value is -3.15. The third kappa shape index (κ3) is 3.85. The Morgan fingerprint density at radius 2 is 1.88 bits per heavy atom. The van der Waals surface area contributed by atoms with Crippen molar-refractivity contribution >= 4 is 22.8 Å². The first kappa shape index (κ1) is 16.7. The average Bonchev–Trinajstić information content (AvgIpc) is 3.04. The van der Waals surface area contributed by atoms with Crippen LogP contribution in [0.1, 0.15) is 21.6 Å². The number of carbonyl (C=O) groups excluding carboxylic acids is 1. The number of carbonyl (C=O) groups is 2. The highest BCUT2D eigenvalue weighted by atomic mass is 16.4. The van der Waals surface area contributed by atoms with Crippen LogP contribution in [0.25, 0.3) is 10.9 Å². The highest BCUT2D eigenvalue weighted by molar-refractivity contribution is 6.04. The van der Waals surface area contributed by atoms with Gasteiger partial charge in [-0.15, -0.1) is 0 Å². The maximum absolute atomic E-state index is 12.4. The van der Waals surface area contributed by atoms with Crippen molar-refractivity contribution in [2.45, 2.75) is 13.3 Å². The second-order valence-corrected chi connectivity index (χ2v) is 6.05. The predicted octanol–water partition coefficient (Wildman–Crippen LogP) is 2.54. The molecular weight excluding hydrogens is 318 g/mol. The van der Waals surface area contributed by atoms with Gasteiger partial charge < -0.3 is 10.4 Å². The molecule has 1 heterocycles. The van der Waals surface area contributed by atoms with E-state index in [2.05, 4.69) is 15.5 Å². The number of carboxylic acids is 1. The number of hydrogen-bond donors (Lipinski definition) is 3. The summed E-state index contributed by atoms with van der Waals surface area (Å²) in [5.41, 5.74) is 3.09. The highest BCUT2D eigenvalue weighted by Gasteiger charge is 2.21. The molecule has 1 unspecified atom stereocenters. The highest BCUT2D eigenvalue weighted by Crippen LogP contribution is 2.15. The van der Waals surface area contributed by atoms with Gasteiger partial charge >= 0.3 is 5.97 Å². The number of aromatic nitrogens is 2. The van der Waals surface area contributed by atoms with Crippen molar-refractivity contribution < 1.29 is 14.7 Å². The number of nitrogens with zero attached hydrogens (tertiary/aromatic N) is 1. The third-order valence-corrected chi connectivity index (χ3v) is 4.15. The molecule has 0 saturated carbocycles. The topological polar surface area (TPSA) is 95.1 Å². The molecule has 3 aromatic rings. The van der Waals surface area contributed by atoms with E-state index in [1.807, 2.05) is 49.4 Å². The van der Waals surface area contributed by atoms with Crippen LogP contribution < -0.4 is 5.32 Å². The molecule has 0 saturated heterocycles. The van der Waals surface area contributed by atoms with Crippen LogP contribution in [0, 0.1) is 12.8 Å². The molecule has 2 aromatic carbocycles. The number of nitrogens with one attached hydrogen (secondary N) is 2. The number of aromatic amines is 1. The largest absolute Gasteiger partial charge is 0.481 e. The van der Waals surface area contributed by atoms with Crippen molar-refractivity contribution in [1.29, 1.82) is 0 Å². The van der Waals surface area contributed by atoms with Crippen molar-refractivity contribution in [3.63, 3.8) is 0 Å². The van der Waals surface area contributed by atoms with Crippen LogP contribution in [0.4, 0.5) is 0 Å². The zero-order chi connectivity index (χ0) is 17.8. The standard InChI is InChI=1S/C19H19N3O3/c1-12-6-8-13(9-7-12)10-14(19(24)25)11-20-18(23)17-15-4-2-3-5-16(15)21-22-17/h2-9,14H,10-11H2,1H3,(H,20,23)(H,21,22)(H,24,25). The van der Waals surface area contributed by atoms with Crippen molar-refractivity contribution in [3.8, 4) is 0 Å². The molecule has 0 bridgehead atoms. The Morgan fingerprint density at radius 3 is 2.60 bits per heavy atom. The van der Waals surface area contributed by atoms with Crippen LogP contribution in [-0.4, -0.2) is 33.7 Å². The molecule has 25 heavy (non-hydrogen) atoms. The summed E-state index contributed by atoms with van der Waals surface area (Å²) >= 11 is 0. The molecule has 1 aromatic heterocycles. The quantitative estimate of drug-likeness (QED) is 0.644. The van der Waals surface area contributed by atoms with Crippen molar-refractivity contribution in [1.82, 2.24) is 15.5 Å². The lowest BCUT2D eigenvalue weighted by molar-refractivity contribution is -0.141. The van der Waals surface area contributed by atoms with Gasteiger partial charge in [-0.25, -0.2) is 0 Å². The van der Waals surface area contributed by atoms with Crippen LogP contribution in [0.5, 0.6) is 0 Å². The van der Waals surface area contributed by atoms with Crippen molar-refractivity contribution in [2.24, 2.45) is 5.92 Å². The first-order chi connectivity index (χ1) is 12.0. The maximum Gasteiger partial charge on any atom is 0.308 e. The summed E-state index contributed by atoms with van der Waals surface area (Å²) in [6.45, 7) is 2.02. The molecule has 3 N–H and O–H groups in total. The van der Waals surface area contributed by atoms with E-state index in [0.717, 1.165) is 16.6 Å². The Labute approximate surface area is 144 Å². The minimum Gasteiger partial charge on any atom is -0.481 e. The summed E-state index contributed by atoms with van der Waals surface area (Å²) in [5, 5.41) is 19.7. The molecule has 6 heteroatoms. The number of amides is 1. The lowest BCUT2D eigenvalue weighted by Crippen LogP contribution is -2.34. The molecule has 0 spiro atoms. The fraction of sp³-hybridized carbons (Fsp3) is 0.211. The molecule has 0 aliphatic carbocycles. The van der Waals surface area contributed by atoms with Crippen molar-refractivity contribution in [3.05, 3.63) is 65.4 Å². The number of para-hydroxylation sites is 1. The van der Waals surface area contributed by atoms with Crippen LogP contribution in [0.3, 0.4) is 0 Å². The van der Waals surface area contributed by atoms with Crippen LogP contribution in [0.2, 0.25) is 0 Å². The Balaban J connectivity index is 1.67. The number of fused-ring (bicyclic) bond motifs is 1. The van der Waals surface area contributed by atoms with Gasteiger partial charge in [0.15, 0.2) is 5.69 Å². The Morgan fingerprint density at radius 1 is 1.16 bits per heavy atom. The van der Waals surface area contributed by atoms with Gasteiger partial charge in [-0.3, -0.25) is 14.7 Å². The molecule has 1 amide bonds. The number of hydrogen-bond acceptors (Lipinski definition) is 3. The average molecular weight is 337 g/mol. The molecule has 128 valence electrons. The van der Waals surface area contributed by atoms with E-state index < -0.39 is 11.9 Å². The second kappa shape index (κ2) is 7.17. The smallest absolute Gasteiger partial charge is 0.308 e. The fourth-order valence-electron chi connectivity index (χ4n) is 2.69. The molecule has 1 atom stereocenters. The summed E-state index contributed by atoms with van der Waals surface area (Å²) in [6, 6.07) is 15.0. The minimum atomic E-state index is -0.937. The van der Waals surface area contributed by atoms with E-state index in [1.165, 1.54) is 0 Å². The summed E-state index contributed by atoms with van der Waals surface area (Å²) in [7, 11) is 0. The molecule has 0 aliphatic heterocycles. The molecule has 3 rings (SSSR count). The van der Waals surface area contributed by atoms with E-state index in [-0.39, 0.29) is 18.1 Å². The number of aryl methyl sites for hydroxylation is 1. The van der Waals surface area contributed by atoms with Gasteiger partial charge in [0, 0.05) is 11.9 Å². The first-order valence-corrected chi connectivity index (χ1v) is 8.04. The number of carboxylic acid groups (broad SMARTS) is 1. The lowest BCUT2D eigenvalue weighted by Gasteiger charge is -2.13. The van der Waals surface area contributed by atoms with E-state index in [4.69, 9.17) is 0 Å². The van der Waals surface area contributed by atoms with Crippen LogP contribution >= 0.6 is 0 Å². The van der Waals surface area contributed by atoms with E-state index in [0.29, 0.717) is 11.8 Å². The molecular formula is C19H19N3O3. The zero-order valence-electron chi connectivity index (χ0n) is 13.8. The number of rotatable bonds is 6. The zero-order valence-corrected chi connectivity index (χ0v) is 13.8. The fourth-order valence-corrected chi connectivity index (χ4v) is 2.69. The third-order valence-electron chi connectivity index (χ3n) is 4.15. The summed E-state index contributed by atoms with van der Waals surface area (Å²) in [6.07, 6.45) is 0.358. The van der Waals surface area contributed by atoms with Crippen LogP contribution in [0.15, 0.2) is 48.5 Å². The minimum absolute atomic E-state index is 0.0449. The second-order valence-electron chi connectivity index (χ2n) is 6.05. The van der Waals surface area contributed by atoms with Gasteiger partial charge in [0.2, 0.25) is 0 Å². The van der Waals surface area contributed by atoms with Crippen LogP contribution in [-0.2, 0) is 11.2 Å². The van der Waals surface area contributed by atoms with Gasteiger partial charge in [-0.1, -0.05) is 48.0 Å². The predicted molar refractivity (Wildman–Crippen MR) is 94.4 cm³/mol. The molecule has 6 nitrogen and oxygen atoms in total. The monoisotopic (exact) mass is 337 g/mol. The molecule has 0 fully saturated rings. The summed E-state index contributed by atoms with van der Waals surface area (Å²) < 4.78 is 0. The van der Waals surface area contributed by atoms with E-state index in [9.17, 15) is 14.7 Å². The Bertz CT molecular complexity index is 900. The number of H-pyrrole nitrogens is 1. The van der Waals surface area contributed by atoms with Gasteiger partial charge in [0.1, 0.15) is 0 Å². The SMILES string of the molecule is Cc1ccc(CC(CNC(=O)c2n[nH]c3ccccc23)C(=O)O)cc1. The molecule has 0 radical (unpaired) electrons. The van der Waals surface area contributed by atoms with Crippen molar-refractivity contribution in [2.75, 3.05) is 6.54 Å². The van der Waals surface area contributed by atoms with Gasteiger partial charge in [-0.2, -0.15) is 5.10 Å². The summed E-state index contributed by atoms with van der Waals surface area (Å²) in [5.74, 6) is -2.02. The number of aliphatic carboxylic acids is 1. The van der Waals surface area contributed by atoms with E-state index in [1.54, 1.807) is 6.07 Å². The van der Waals surface area contributed by atoms with Gasteiger partial charge in [0.05, 0.1) is 11.4 Å². The Kier molecular flexibility index (Phi) is 4.79.